The highest BCUT2D eigenvalue weighted by atomic mass is 16.2. The van der Waals surface area contributed by atoms with Gasteiger partial charge in [-0.25, -0.2) is 0 Å². The molecule has 1 unspecified atom stereocenters. The minimum absolute atomic E-state index is 0.175. The van der Waals surface area contributed by atoms with E-state index in [0.29, 0.717) is 18.0 Å². The lowest BCUT2D eigenvalue weighted by molar-refractivity contribution is -0.132. The van der Waals surface area contributed by atoms with Crippen molar-refractivity contribution in [2.24, 2.45) is 5.92 Å². The van der Waals surface area contributed by atoms with Crippen molar-refractivity contribution in [2.75, 3.05) is 18.8 Å². The van der Waals surface area contributed by atoms with E-state index in [1.807, 2.05) is 11.0 Å². The molecule has 17 heavy (non-hydrogen) atoms. The normalized spacial score (nSPS) is 20.3. The number of piperidine rings is 1. The third-order valence-corrected chi connectivity index (χ3v) is 3.19. The first kappa shape index (κ1) is 11.9. The highest BCUT2D eigenvalue weighted by molar-refractivity contribution is 5.78. The Balaban J connectivity index is 1.94. The monoisotopic (exact) mass is 233 g/mol. The van der Waals surface area contributed by atoms with E-state index in [0.717, 1.165) is 25.2 Å². The lowest BCUT2D eigenvalue weighted by atomic mass is 10.00. The Labute approximate surface area is 102 Å². The second-order valence-electron chi connectivity index (χ2n) is 4.85. The molecule has 4 nitrogen and oxygen atoms in total. The molecule has 2 heterocycles. The van der Waals surface area contributed by atoms with E-state index in [1.165, 1.54) is 6.42 Å². The molecular weight excluding hydrogens is 214 g/mol. The van der Waals surface area contributed by atoms with Gasteiger partial charge in [0.15, 0.2) is 0 Å². The summed E-state index contributed by atoms with van der Waals surface area (Å²) < 4.78 is 0. The molecule has 1 fully saturated rings. The highest BCUT2D eigenvalue weighted by Gasteiger charge is 2.20. The quantitative estimate of drug-likeness (QED) is 0.841. The summed E-state index contributed by atoms with van der Waals surface area (Å²) in [6, 6.07) is 3.61. The molecule has 1 aromatic heterocycles. The number of anilines is 1. The molecule has 1 amide bonds. The Kier molecular flexibility index (Phi) is 3.61. The number of rotatable bonds is 2. The van der Waals surface area contributed by atoms with Gasteiger partial charge in [0.2, 0.25) is 5.91 Å². The van der Waals surface area contributed by atoms with E-state index in [4.69, 9.17) is 5.73 Å². The maximum atomic E-state index is 12.1. The number of aromatic nitrogens is 1. The van der Waals surface area contributed by atoms with Crippen LogP contribution in [-0.4, -0.2) is 28.9 Å². The standard InChI is InChI=1S/C13H19N3O/c1-10-3-2-6-16(9-10)13(17)7-12-5-4-11(14)8-15-12/h4-5,8,10H,2-3,6-7,9,14H2,1H3. The zero-order valence-electron chi connectivity index (χ0n) is 10.2. The summed E-state index contributed by atoms with van der Waals surface area (Å²) in [5.74, 6) is 0.792. The van der Waals surface area contributed by atoms with Crippen molar-refractivity contribution >= 4 is 11.6 Å². The second-order valence-corrected chi connectivity index (χ2v) is 4.85. The van der Waals surface area contributed by atoms with Crippen LogP contribution >= 0.6 is 0 Å². The number of nitrogens with two attached hydrogens (primary N) is 1. The van der Waals surface area contributed by atoms with E-state index < -0.39 is 0 Å². The fourth-order valence-electron chi connectivity index (χ4n) is 2.22. The van der Waals surface area contributed by atoms with Crippen LogP contribution in [0.4, 0.5) is 5.69 Å². The summed E-state index contributed by atoms with van der Waals surface area (Å²) >= 11 is 0. The summed E-state index contributed by atoms with van der Waals surface area (Å²) in [6.07, 6.45) is 4.32. The number of carbonyl (C=O) groups is 1. The van der Waals surface area contributed by atoms with Gasteiger partial charge in [-0.15, -0.1) is 0 Å². The van der Waals surface area contributed by atoms with Gasteiger partial charge in [0.25, 0.3) is 0 Å². The molecular formula is C13H19N3O. The fourth-order valence-corrected chi connectivity index (χ4v) is 2.22. The van der Waals surface area contributed by atoms with E-state index in [2.05, 4.69) is 11.9 Å². The van der Waals surface area contributed by atoms with Gasteiger partial charge in [-0.05, 0) is 30.9 Å². The first-order valence-electron chi connectivity index (χ1n) is 6.13. The van der Waals surface area contributed by atoms with Gasteiger partial charge in [0, 0.05) is 18.8 Å². The lowest BCUT2D eigenvalue weighted by Gasteiger charge is -2.30. The first-order chi connectivity index (χ1) is 8.15. The second kappa shape index (κ2) is 5.17. The Morgan fingerprint density at radius 2 is 2.41 bits per heavy atom. The topological polar surface area (TPSA) is 59.2 Å². The van der Waals surface area contributed by atoms with Crippen LogP contribution in [0.3, 0.4) is 0 Å². The predicted octanol–water partition coefficient (Wildman–Crippen LogP) is 1.46. The number of hydrogen-bond donors (Lipinski definition) is 1. The molecule has 1 aliphatic rings. The van der Waals surface area contributed by atoms with E-state index >= 15 is 0 Å². The number of carbonyl (C=O) groups excluding carboxylic acids is 1. The molecule has 92 valence electrons. The average molecular weight is 233 g/mol. The summed E-state index contributed by atoms with van der Waals surface area (Å²) in [5.41, 5.74) is 6.99. The SMILES string of the molecule is CC1CCCN(C(=O)Cc2ccc(N)cn2)C1. The smallest absolute Gasteiger partial charge is 0.228 e. The maximum absolute atomic E-state index is 12.1. The Morgan fingerprint density at radius 1 is 1.59 bits per heavy atom. The fraction of sp³-hybridized carbons (Fsp3) is 0.538. The minimum Gasteiger partial charge on any atom is -0.397 e. The van der Waals surface area contributed by atoms with Crippen LogP contribution in [0.25, 0.3) is 0 Å². The number of amides is 1. The molecule has 1 atom stereocenters. The van der Waals surface area contributed by atoms with Crippen molar-refractivity contribution in [3.8, 4) is 0 Å². The van der Waals surface area contributed by atoms with Gasteiger partial charge < -0.3 is 10.6 Å². The van der Waals surface area contributed by atoms with Gasteiger partial charge in [0.1, 0.15) is 0 Å². The first-order valence-corrected chi connectivity index (χ1v) is 6.13. The highest BCUT2D eigenvalue weighted by Crippen LogP contribution is 2.16. The van der Waals surface area contributed by atoms with E-state index in [1.54, 1.807) is 12.3 Å². The van der Waals surface area contributed by atoms with Crippen LogP contribution in [0.15, 0.2) is 18.3 Å². The molecule has 1 aliphatic heterocycles. The van der Waals surface area contributed by atoms with Gasteiger partial charge in [-0.3, -0.25) is 9.78 Å². The van der Waals surface area contributed by atoms with Crippen LogP contribution in [0.2, 0.25) is 0 Å². The molecule has 0 radical (unpaired) electrons. The molecule has 2 rings (SSSR count). The summed E-state index contributed by atoms with van der Waals surface area (Å²) in [5, 5.41) is 0. The number of hydrogen-bond acceptors (Lipinski definition) is 3. The van der Waals surface area contributed by atoms with Gasteiger partial charge in [-0.2, -0.15) is 0 Å². The van der Waals surface area contributed by atoms with E-state index in [-0.39, 0.29) is 5.91 Å². The van der Waals surface area contributed by atoms with Crippen LogP contribution in [0, 0.1) is 5.92 Å². The Bertz CT molecular complexity index is 388. The number of nitrogens with zero attached hydrogens (tertiary/aromatic N) is 2. The largest absolute Gasteiger partial charge is 0.397 e. The molecule has 4 heteroatoms. The lowest BCUT2D eigenvalue weighted by Crippen LogP contribution is -2.40. The summed E-state index contributed by atoms with van der Waals surface area (Å²) in [6.45, 7) is 3.97. The zero-order chi connectivity index (χ0) is 12.3. The van der Waals surface area contributed by atoms with Gasteiger partial charge >= 0.3 is 0 Å². The molecule has 0 spiro atoms. The van der Waals surface area contributed by atoms with Crippen LogP contribution in [0.1, 0.15) is 25.5 Å². The van der Waals surface area contributed by atoms with Crippen molar-refractivity contribution in [1.82, 2.24) is 9.88 Å². The summed E-state index contributed by atoms with van der Waals surface area (Å²) in [4.78, 5) is 18.2. The third kappa shape index (κ3) is 3.19. The minimum atomic E-state index is 0.175. The van der Waals surface area contributed by atoms with Crippen molar-refractivity contribution < 1.29 is 4.79 Å². The number of nitrogen functional groups attached to an aromatic ring is 1. The van der Waals surface area contributed by atoms with Crippen molar-refractivity contribution in [3.05, 3.63) is 24.0 Å². The number of likely N-dealkylation sites (tertiary alicyclic amines) is 1. The van der Waals surface area contributed by atoms with Crippen LogP contribution < -0.4 is 5.73 Å². The summed E-state index contributed by atoms with van der Waals surface area (Å²) in [7, 11) is 0. The van der Waals surface area contributed by atoms with E-state index in [9.17, 15) is 4.79 Å². The van der Waals surface area contributed by atoms with Crippen LogP contribution in [0.5, 0.6) is 0 Å². The third-order valence-electron chi connectivity index (χ3n) is 3.19. The zero-order valence-corrected chi connectivity index (χ0v) is 10.2. The average Bonchev–Trinajstić information content (AvgIpc) is 2.32. The molecule has 0 bridgehead atoms. The van der Waals surface area contributed by atoms with Gasteiger partial charge in [0.05, 0.1) is 18.3 Å². The molecule has 0 aliphatic carbocycles. The molecule has 0 saturated carbocycles. The maximum Gasteiger partial charge on any atom is 0.228 e. The molecule has 2 N–H and O–H groups in total. The van der Waals surface area contributed by atoms with Crippen LogP contribution in [-0.2, 0) is 11.2 Å². The molecule has 0 aromatic carbocycles. The Morgan fingerprint density at radius 3 is 3.06 bits per heavy atom. The molecule has 1 aromatic rings. The van der Waals surface area contributed by atoms with Gasteiger partial charge in [-0.1, -0.05) is 6.92 Å². The van der Waals surface area contributed by atoms with Crippen molar-refractivity contribution in [2.45, 2.75) is 26.2 Å². The Hall–Kier alpha value is -1.58. The van der Waals surface area contributed by atoms with Crippen molar-refractivity contribution in [1.29, 1.82) is 0 Å². The molecule has 1 saturated heterocycles. The van der Waals surface area contributed by atoms with Crippen molar-refractivity contribution in [3.63, 3.8) is 0 Å². The predicted molar refractivity (Wildman–Crippen MR) is 67.3 cm³/mol. The number of pyridine rings is 1.